The van der Waals surface area contributed by atoms with Crippen molar-refractivity contribution >= 4 is 45.6 Å². The maximum absolute atomic E-state index is 13.6. The van der Waals surface area contributed by atoms with Crippen LogP contribution in [0.3, 0.4) is 0 Å². The van der Waals surface area contributed by atoms with Gasteiger partial charge in [0.15, 0.2) is 10.1 Å². The number of allylic oxidation sites excluding steroid dienone is 3. The fourth-order valence-corrected chi connectivity index (χ4v) is 6.60. The smallest absolute Gasteiger partial charge is 0.234 e. The van der Waals surface area contributed by atoms with Gasteiger partial charge in [0.25, 0.3) is 0 Å². The Labute approximate surface area is 238 Å². The number of thioether (sulfide) groups is 1. The predicted octanol–water partition coefficient (Wildman–Crippen LogP) is 5.03. The summed E-state index contributed by atoms with van der Waals surface area (Å²) in [5.41, 5.74) is 9.89. The molecule has 2 aliphatic rings. The summed E-state index contributed by atoms with van der Waals surface area (Å²) >= 11 is 2.38. The number of rotatable bonds is 7. The zero-order valence-corrected chi connectivity index (χ0v) is 23.4. The first kappa shape index (κ1) is 27.4. The second kappa shape index (κ2) is 11.5. The number of para-hydroxylation sites is 1. The highest BCUT2D eigenvalue weighted by molar-refractivity contribution is 8.01. The number of carbonyl (C=O) groups is 2. The monoisotopic (exact) mass is 576 g/mol. The number of aromatic nitrogens is 2. The van der Waals surface area contributed by atoms with E-state index in [1.807, 2.05) is 18.2 Å². The predicted molar refractivity (Wildman–Crippen MR) is 151 cm³/mol. The van der Waals surface area contributed by atoms with E-state index in [0.29, 0.717) is 57.0 Å². The van der Waals surface area contributed by atoms with Gasteiger partial charge in [-0.3, -0.25) is 14.5 Å². The Balaban J connectivity index is 1.43. The molecule has 40 heavy (non-hydrogen) atoms. The highest BCUT2D eigenvalue weighted by Gasteiger charge is 2.42. The van der Waals surface area contributed by atoms with E-state index in [2.05, 4.69) is 21.6 Å². The highest BCUT2D eigenvalue weighted by Crippen LogP contribution is 2.48. The minimum absolute atomic E-state index is 0.0294. The standard InChI is InChI=1S/C28H25FN6O3S2/c1-15-10-11-16(29)12-19(15)32-23(37)14-39-28-34-33-27(40-28)35-20-7-5-8-21(36)25(20)24(18(13-30)26(35)31)17-6-3-4-9-22(17)38-2/h3-4,6,9-12,24H,5,7-8,14,31H2,1-2H3,(H,32,37). The van der Waals surface area contributed by atoms with Crippen LogP contribution in [-0.2, 0) is 9.59 Å². The average Bonchev–Trinajstić information content (AvgIpc) is 3.42. The van der Waals surface area contributed by atoms with Gasteiger partial charge in [-0.15, -0.1) is 10.2 Å². The van der Waals surface area contributed by atoms with Crippen molar-refractivity contribution < 1.29 is 18.7 Å². The Kier molecular flexibility index (Phi) is 7.86. The lowest BCUT2D eigenvalue weighted by Crippen LogP contribution is -2.38. The number of aryl methyl sites for hydroxylation is 1. The number of Topliss-reactive ketones (excluding diaryl/α,β-unsaturated/α-hetero) is 1. The minimum Gasteiger partial charge on any atom is -0.496 e. The molecule has 0 saturated heterocycles. The van der Waals surface area contributed by atoms with Crippen LogP contribution in [0.5, 0.6) is 5.75 Å². The molecular formula is C28H25FN6O3S2. The van der Waals surface area contributed by atoms with Crippen molar-refractivity contribution in [2.45, 2.75) is 36.4 Å². The number of hydrogen-bond donors (Lipinski definition) is 2. The fraction of sp³-hybridized carbons (Fsp3) is 0.250. The number of amides is 1. The molecule has 0 bridgehead atoms. The molecule has 3 N–H and O–H groups in total. The minimum atomic E-state index is -0.656. The van der Waals surface area contributed by atoms with E-state index in [-0.39, 0.29) is 28.8 Å². The summed E-state index contributed by atoms with van der Waals surface area (Å²) in [6.07, 6.45) is 1.58. The number of halogens is 1. The van der Waals surface area contributed by atoms with Gasteiger partial charge in [0.2, 0.25) is 11.0 Å². The number of nitriles is 1. The van der Waals surface area contributed by atoms with Gasteiger partial charge in [0.05, 0.1) is 30.4 Å². The van der Waals surface area contributed by atoms with Crippen LogP contribution in [0.2, 0.25) is 0 Å². The van der Waals surface area contributed by atoms with E-state index < -0.39 is 11.7 Å². The maximum atomic E-state index is 13.6. The van der Waals surface area contributed by atoms with Gasteiger partial charge >= 0.3 is 0 Å². The van der Waals surface area contributed by atoms with Crippen molar-refractivity contribution in [3.8, 4) is 11.8 Å². The van der Waals surface area contributed by atoms with Gasteiger partial charge in [-0.2, -0.15) is 5.26 Å². The van der Waals surface area contributed by atoms with E-state index in [0.717, 1.165) is 5.56 Å². The van der Waals surface area contributed by atoms with Gasteiger partial charge in [-0.1, -0.05) is 47.4 Å². The molecule has 9 nitrogen and oxygen atoms in total. The second-order valence-corrected chi connectivity index (χ2v) is 11.4. The molecule has 2 aromatic carbocycles. The van der Waals surface area contributed by atoms with Crippen molar-refractivity contribution in [2.24, 2.45) is 5.73 Å². The van der Waals surface area contributed by atoms with Gasteiger partial charge in [0.1, 0.15) is 17.4 Å². The first-order valence-electron chi connectivity index (χ1n) is 12.4. The molecule has 5 rings (SSSR count). The molecule has 1 aromatic heterocycles. The molecule has 1 unspecified atom stereocenters. The van der Waals surface area contributed by atoms with E-state index in [1.165, 1.54) is 35.2 Å². The quantitative estimate of drug-likeness (QED) is 0.371. The van der Waals surface area contributed by atoms with E-state index in [9.17, 15) is 19.2 Å². The normalized spacial score (nSPS) is 17.0. The van der Waals surface area contributed by atoms with Crippen molar-refractivity contribution in [2.75, 3.05) is 23.1 Å². The zero-order chi connectivity index (χ0) is 28.4. The van der Waals surface area contributed by atoms with Crippen LogP contribution in [-0.4, -0.2) is 34.8 Å². The topological polar surface area (TPSA) is 134 Å². The molecule has 204 valence electrons. The summed E-state index contributed by atoms with van der Waals surface area (Å²) in [5, 5.41) is 21.8. The van der Waals surface area contributed by atoms with Gasteiger partial charge in [-0.05, 0) is 43.5 Å². The highest BCUT2D eigenvalue weighted by atomic mass is 32.2. The number of nitrogens with one attached hydrogen (secondary N) is 1. The van der Waals surface area contributed by atoms with Crippen molar-refractivity contribution in [3.05, 3.63) is 82.1 Å². The maximum Gasteiger partial charge on any atom is 0.234 e. The number of hydrogen-bond acceptors (Lipinski definition) is 10. The molecule has 1 aliphatic carbocycles. The Morgan fingerprint density at radius 1 is 1.30 bits per heavy atom. The first-order valence-corrected chi connectivity index (χ1v) is 14.2. The molecule has 12 heteroatoms. The molecule has 0 spiro atoms. The summed E-state index contributed by atoms with van der Waals surface area (Å²) in [7, 11) is 1.55. The number of benzene rings is 2. The van der Waals surface area contributed by atoms with E-state index in [4.69, 9.17) is 10.5 Å². The number of ether oxygens (including phenoxy) is 1. The molecule has 1 amide bonds. The average molecular weight is 577 g/mol. The lowest BCUT2D eigenvalue weighted by Gasteiger charge is -2.38. The van der Waals surface area contributed by atoms with Crippen molar-refractivity contribution in [3.63, 3.8) is 0 Å². The van der Waals surface area contributed by atoms with Crippen LogP contribution in [0, 0.1) is 24.1 Å². The fourth-order valence-electron chi connectivity index (χ4n) is 4.91. The largest absolute Gasteiger partial charge is 0.496 e. The Morgan fingerprint density at radius 2 is 2.10 bits per heavy atom. The molecule has 3 aromatic rings. The van der Waals surface area contributed by atoms with Crippen LogP contribution in [0.1, 0.15) is 36.3 Å². The van der Waals surface area contributed by atoms with Crippen LogP contribution in [0.4, 0.5) is 15.2 Å². The lowest BCUT2D eigenvalue weighted by molar-refractivity contribution is -0.116. The number of carbonyl (C=O) groups excluding carboxylic acids is 2. The summed E-state index contributed by atoms with van der Waals surface area (Å²) in [6, 6.07) is 13.7. The Hall–Kier alpha value is -4.21. The number of nitrogens with two attached hydrogens (primary N) is 1. The molecular weight excluding hydrogens is 551 g/mol. The first-order chi connectivity index (χ1) is 19.3. The van der Waals surface area contributed by atoms with Crippen LogP contribution >= 0.6 is 23.1 Å². The van der Waals surface area contributed by atoms with Crippen molar-refractivity contribution in [1.29, 1.82) is 5.26 Å². The van der Waals surface area contributed by atoms with Crippen LogP contribution in [0.25, 0.3) is 0 Å². The second-order valence-electron chi connectivity index (χ2n) is 9.20. The third-order valence-corrected chi connectivity index (χ3v) is 8.79. The molecule has 1 aliphatic heterocycles. The molecule has 0 radical (unpaired) electrons. The van der Waals surface area contributed by atoms with Crippen LogP contribution < -0.4 is 20.7 Å². The van der Waals surface area contributed by atoms with E-state index in [1.54, 1.807) is 31.1 Å². The zero-order valence-electron chi connectivity index (χ0n) is 21.7. The Morgan fingerprint density at radius 3 is 2.88 bits per heavy atom. The summed E-state index contributed by atoms with van der Waals surface area (Å²) < 4.78 is 19.6. The third-order valence-electron chi connectivity index (χ3n) is 6.75. The Bertz CT molecular complexity index is 1610. The van der Waals surface area contributed by atoms with Gasteiger partial charge < -0.3 is 15.8 Å². The van der Waals surface area contributed by atoms with Gasteiger partial charge in [0, 0.05) is 28.9 Å². The van der Waals surface area contributed by atoms with Crippen LogP contribution in [0.15, 0.2) is 69.5 Å². The number of ketones is 1. The molecule has 1 atom stereocenters. The third kappa shape index (κ3) is 5.17. The van der Waals surface area contributed by atoms with Gasteiger partial charge in [-0.25, -0.2) is 4.39 Å². The number of nitrogens with zero attached hydrogens (tertiary/aromatic N) is 4. The molecule has 0 saturated carbocycles. The van der Waals surface area contributed by atoms with Crippen molar-refractivity contribution in [1.82, 2.24) is 10.2 Å². The molecule has 2 heterocycles. The number of methoxy groups -OCH3 is 1. The lowest BCUT2D eigenvalue weighted by atomic mass is 9.75. The van der Waals surface area contributed by atoms with E-state index >= 15 is 0 Å². The summed E-state index contributed by atoms with van der Waals surface area (Å²) in [5.74, 6) is -0.687. The number of anilines is 2. The SMILES string of the molecule is COc1ccccc1C1C(C#N)=C(N)N(c2nnc(SCC(=O)Nc3cc(F)ccc3C)s2)C2=C1C(=O)CCC2. The molecule has 0 fully saturated rings. The summed E-state index contributed by atoms with van der Waals surface area (Å²) in [6.45, 7) is 1.78. The summed E-state index contributed by atoms with van der Waals surface area (Å²) in [4.78, 5) is 27.5.